The van der Waals surface area contributed by atoms with Gasteiger partial charge in [-0.05, 0) is 17.5 Å². The molecular formula is C11H14F3NO. The molecule has 0 aliphatic rings. The van der Waals surface area contributed by atoms with E-state index in [1.54, 1.807) is 0 Å². The number of rotatable bonds is 3. The lowest BCUT2D eigenvalue weighted by Crippen LogP contribution is -2.13. The van der Waals surface area contributed by atoms with E-state index in [4.69, 9.17) is 5.11 Å². The topological polar surface area (TPSA) is 33.1 Å². The van der Waals surface area contributed by atoms with E-state index in [1.807, 2.05) is 13.8 Å². The lowest BCUT2D eigenvalue weighted by Gasteiger charge is -2.18. The van der Waals surface area contributed by atoms with Crippen molar-refractivity contribution in [1.82, 2.24) is 4.98 Å². The largest absolute Gasteiger partial charge is 0.433 e. The van der Waals surface area contributed by atoms with Gasteiger partial charge in [0.1, 0.15) is 5.69 Å². The molecule has 1 atom stereocenters. The van der Waals surface area contributed by atoms with Gasteiger partial charge in [0.15, 0.2) is 0 Å². The molecule has 0 aliphatic heterocycles. The number of aliphatic hydroxyl groups excluding tert-OH is 1. The Hall–Kier alpha value is -1.10. The number of hydrogen-bond donors (Lipinski definition) is 1. The van der Waals surface area contributed by atoms with Gasteiger partial charge in [-0.25, -0.2) is 0 Å². The molecule has 0 spiro atoms. The standard InChI is InChI=1S/C11H14F3NO/c1-7(2)9(6-16)8-3-4-10(15-5-8)11(12,13)14/h3-5,7,9,16H,6H2,1-2H3/t9-/m1/s1. The molecule has 1 aromatic rings. The van der Waals surface area contributed by atoms with E-state index in [9.17, 15) is 13.2 Å². The van der Waals surface area contributed by atoms with Crippen LogP contribution in [0.15, 0.2) is 18.3 Å². The summed E-state index contributed by atoms with van der Waals surface area (Å²) >= 11 is 0. The average molecular weight is 233 g/mol. The molecule has 16 heavy (non-hydrogen) atoms. The molecule has 90 valence electrons. The monoisotopic (exact) mass is 233 g/mol. The first-order valence-corrected chi connectivity index (χ1v) is 5.00. The number of pyridine rings is 1. The fraction of sp³-hybridized carbons (Fsp3) is 0.545. The summed E-state index contributed by atoms with van der Waals surface area (Å²) in [4.78, 5) is 3.37. The van der Waals surface area contributed by atoms with E-state index < -0.39 is 11.9 Å². The maximum Gasteiger partial charge on any atom is 0.433 e. The van der Waals surface area contributed by atoms with Crippen LogP contribution in [-0.4, -0.2) is 16.7 Å². The van der Waals surface area contributed by atoms with E-state index in [0.29, 0.717) is 5.56 Å². The minimum absolute atomic E-state index is 0.0925. The summed E-state index contributed by atoms with van der Waals surface area (Å²) < 4.78 is 36.7. The van der Waals surface area contributed by atoms with Crippen molar-refractivity contribution in [2.45, 2.75) is 25.9 Å². The van der Waals surface area contributed by atoms with Crippen LogP contribution in [0, 0.1) is 5.92 Å². The molecule has 0 saturated carbocycles. The van der Waals surface area contributed by atoms with Gasteiger partial charge in [0.2, 0.25) is 0 Å². The predicted molar refractivity (Wildman–Crippen MR) is 53.9 cm³/mol. The van der Waals surface area contributed by atoms with Crippen LogP contribution >= 0.6 is 0 Å². The highest BCUT2D eigenvalue weighted by atomic mass is 19.4. The van der Waals surface area contributed by atoms with E-state index in [2.05, 4.69) is 4.98 Å². The molecule has 0 saturated heterocycles. The molecule has 0 fully saturated rings. The maximum atomic E-state index is 12.2. The van der Waals surface area contributed by atoms with Crippen molar-refractivity contribution in [3.05, 3.63) is 29.6 Å². The fourth-order valence-electron chi connectivity index (χ4n) is 1.49. The zero-order valence-electron chi connectivity index (χ0n) is 9.12. The number of hydrogen-bond acceptors (Lipinski definition) is 2. The van der Waals surface area contributed by atoms with Crippen LogP contribution in [-0.2, 0) is 6.18 Å². The zero-order chi connectivity index (χ0) is 12.3. The lowest BCUT2D eigenvalue weighted by atomic mass is 9.90. The highest BCUT2D eigenvalue weighted by Gasteiger charge is 2.32. The average Bonchev–Trinajstić information content (AvgIpc) is 2.17. The predicted octanol–water partition coefficient (Wildman–Crippen LogP) is 2.83. The van der Waals surface area contributed by atoms with Gasteiger partial charge in [-0.15, -0.1) is 0 Å². The first kappa shape index (κ1) is 13.0. The Morgan fingerprint density at radius 2 is 1.94 bits per heavy atom. The maximum absolute atomic E-state index is 12.2. The molecule has 0 bridgehead atoms. The lowest BCUT2D eigenvalue weighted by molar-refractivity contribution is -0.141. The van der Waals surface area contributed by atoms with E-state index in [-0.39, 0.29) is 18.4 Å². The molecule has 1 aromatic heterocycles. The van der Waals surface area contributed by atoms with Gasteiger partial charge in [-0.2, -0.15) is 13.2 Å². The molecule has 1 rings (SSSR count). The Kier molecular flexibility index (Phi) is 3.91. The zero-order valence-corrected chi connectivity index (χ0v) is 9.12. The number of nitrogens with zero attached hydrogens (tertiary/aromatic N) is 1. The molecule has 1 heterocycles. The minimum atomic E-state index is -4.41. The second kappa shape index (κ2) is 4.82. The SMILES string of the molecule is CC(C)[C@@H](CO)c1ccc(C(F)(F)F)nc1. The Morgan fingerprint density at radius 1 is 1.31 bits per heavy atom. The Morgan fingerprint density at radius 3 is 2.25 bits per heavy atom. The van der Waals surface area contributed by atoms with Crippen LogP contribution in [0.25, 0.3) is 0 Å². The summed E-state index contributed by atoms with van der Waals surface area (Å²) in [6.07, 6.45) is -3.23. The molecule has 0 unspecified atom stereocenters. The molecule has 0 aliphatic carbocycles. The summed E-state index contributed by atoms with van der Waals surface area (Å²) in [6.45, 7) is 3.71. The highest BCUT2D eigenvalue weighted by Crippen LogP contribution is 2.29. The second-order valence-electron chi connectivity index (χ2n) is 4.01. The molecular weight excluding hydrogens is 219 g/mol. The number of halogens is 3. The van der Waals surface area contributed by atoms with Crippen LogP contribution in [0.3, 0.4) is 0 Å². The molecule has 2 nitrogen and oxygen atoms in total. The molecule has 0 amide bonds. The van der Waals surface area contributed by atoms with Crippen molar-refractivity contribution < 1.29 is 18.3 Å². The third kappa shape index (κ3) is 2.95. The molecule has 5 heteroatoms. The van der Waals surface area contributed by atoms with Crippen molar-refractivity contribution in [3.8, 4) is 0 Å². The van der Waals surface area contributed by atoms with E-state index in [0.717, 1.165) is 6.07 Å². The number of aliphatic hydroxyl groups is 1. The summed E-state index contributed by atoms with van der Waals surface area (Å²) in [6, 6.07) is 2.32. The van der Waals surface area contributed by atoms with E-state index >= 15 is 0 Å². The van der Waals surface area contributed by atoms with E-state index in [1.165, 1.54) is 12.3 Å². The van der Waals surface area contributed by atoms with Gasteiger partial charge in [-0.1, -0.05) is 19.9 Å². The number of alkyl halides is 3. The smallest absolute Gasteiger partial charge is 0.396 e. The third-order valence-electron chi connectivity index (χ3n) is 2.51. The minimum Gasteiger partial charge on any atom is -0.396 e. The Labute approximate surface area is 92.1 Å². The van der Waals surface area contributed by atoms with Crippen LogP contribution < -0.4 is 0 Å². The van der Waals surface area contributed by atoms with Gasteiger partial charge in [0.25, 0.3) is 0 Å². The van der Waals surface area contributed by atoms with Gasteiger partial charge >= 0.3 is 6.18 Å². The summed E-state index contributed by atoms with van der Waals surface area (Å²) in [5, 5.41) is 9.13. The second-order valence-corrected chi connectivity index (χ2v) is 4.01. The quantitative estimate of drug-likeness (QED) is 0.870. The molecule has 0 aromatic carbocycles. The van der Waals surface area contributed by atoms with Crippen LogP contribution in [0.4, 0.5) is 13.2 Å². The fourth-order valence-corrected chi connectivity index (χ4v) is 1.49. The van der Waals surface area contributed by atoms with Crippen LogP contribution in [0.5, 0.6) is 0 Å². The van der Waals surface area contributed by atoms with Gasteiger partial charge < -0.3 is 5.11 Å². The van der Waals surface area contributed by atoms with Gasteiger partial charge in [-0.3, -0.25) is 4.98 Å². The molecule has 0 radical (unpaired) electrons. The normalized spacial score (nSPS) is 14.2. The molecule has 1 N–H and O–H groups in total. The highest BCUT2D eigenvalue weighted by molar-refractivity contribution is 5.20. The summed E-state index contributed by atoms with van der Waals surface area (Å²) in [5.74, 6) is -0.0154. The first-order valence-electron chi connectivity index (χ1n) is 5.00. The van der Waals surface area contributed by atoms with Crippen molar-refractivity contribution in [2.24, 2.45) is 5.92 Å². The van der Waals surface area contributed by atoms with Crippen molar-refractivity contribution in [2.75, 3.05) is 6.61 Å². The van der Waals surface area contributed by atoms with Gasteiger partial charge in [0, 0.05) is 12.1 Å². The Balaban J connectivity index is 2.94. The summed E-state index contributed by atoms with van der Waals surface area (Å²) in [5.41, 5.74) is -0.276. The first-order chi connectivity index (χ1) is 7.36. The van der Waals surface area contributed by atoms with Crippen molar-refractivity contribution in [3.63, 3.8) is 0 Å². The number of aromatic nitrogens is 1. The van der Waals surface area contributed by atoms with Crippen LogP contribution in [0.1, 0.15) is 31.0 Å². The summed E-state index contributed by atoms with van der Waals surface area (Å²) in [7, 11) is 0. The van der Waals surface area contributed by atoms with Crippen LogP contribution in [0.2, 0.25) is 0 Å². The Bertz CT molecular complexity index is 332. The van der Waals surface area contributed by atoms with Crippen molar-refractivity contribution >= 4 is 0 Å². The van der Waals surface area contributed by atoms with Gasteiger partial charge in [0.05, 0.1) is 6.61 Å². The van der Waals surface area contributed by atoms with Crippen molar-refractivity contribution in [1.29, 1.82) is 0 Å². The third-order valence-corrected chi connectivity index (χ3v) is 2.51.